The van der Waals surface area contributed by atoms with Gasteiger partial charge in [0.05, 0.1) is 16.1 Å². The number of nitrogens with one attached hydrogen (secondary N) is 1. The quantitative estimate of drug-likeness (QED) is 0.766. The van der Waals surface area contributed by atoms with Crippen LogP contribution in [0.1, 0.15) is 54.4 Å². The Balaban J connectivity index is 1.60. The van der Waals surface area contributed by atoms with Crippen LogP contribution in [-0.4, -0.2) is 26.9 Å². The lowest BCUT2D eigenvalue weighted by atomic mass is 10.1. The highest BCUT2D eigenvalue weighted by molar-refractivity contribution is 7.92. The van der Waals surface area contributed by atoms with Crippen molar-refractivity contribution in [3.05, 3.63) is 59.4 Å². The molecule has 0 spiro atoms. The molecule has 1 N–H and O–H groups in total. The molecule has 154 valence electrons. The van der Waals surface area contributed by atoms with Gasteiger partial charge in [0, 0.05) is 12.6 Å². The van der Waals surface area contributed by atoms with Crippen LogP contribution in [0.5, 0.6) is 0 Å². The first-order valence-electron chi connectivity index (χ1n) is 10.2. The van der Waals surface area contributed by atoms with Crippen molar-refractivity contribution in [3.63, 3.8) is 0 Å². The highest BCUT2D eigenvalue weighted by atomic mass is 32.2. The minimum Gasteiger partial charge on any atom is -0.349 e. The van der Waals surface area contributed by atoms with Crippen LogP contribution in [0.3, 0.4) is 0 Å². The minimum absolute atomic E-state index is 0.00937. The van der Waals surface area contributed by atoms with E-state index in [1.807, 2.05) is 12.1 Å². The molecule has 1 fully saturated rings. The molecule has 0 aromatic heterocycles. The molecule has 4 rings (SSSR count). The molecule has 1 saturated carbocycles. The van der Waals surface area contributed by atoms with E-state index in [4.69, 9.17) is 0 Å². The van der Waals surface area contributed by atoms with Gasteiger partial charge in [-0.3, -0.25) is 9.10 Å². The largest absolute Gasteiger partial charge is 0.349 e. The first kappa shape index (κ1) is 19.9. The Bertz CT molecular complexity index is 1010. The third kappa shape index (κ3) is 4.01. The lowest BCUT2D eigenvalue weighted by molar-refractivity contribution is 0.0929. The summed E-state index contributed by atoms with van der Waals surface area (Å²) in [5, 5.41) is 2.89. The first-order chi connectivity index (χ1) is 14.0. The van der Waals surface area contributed by atoms with Crippen molar-refractivity contribution in [3.8, 4) is 0 Å². The monoisotopic (exact) mass is 416 g/mol. The van der Waals surface area contributed by atoms with Crippen molar-refractivity contribution in [1.82, 2.24) is 5.32 Å². The second-order valence-electron chi connectivity index (χ2n) is 7.76. The smallest absolute Gasteiger partial charge is 0.264 e. The van der Waals surface area contributed by atoms with Gasteiger partial charge in [-0.2, -0.15) is 0 Å². The molecule has 1 heterocycles. The topological polar surface area (TPSA) is 66.5 Å². The van der Waals surface area contributed by atoms with Gasteiger partial charge in [-0.05, 0) is 49.1 Å². The fourth-order valence-corrected chi connectivity index (χ4v) is 5.74. The summed E-state index contributed by atoms with van der Waals surface area (Å²) in [4.78, 5) is 12.6. The van der Waals surface area contributed by atoms with E-state index in [9.17, 15) is 17.6 Å². The lowest BCUT2D eigenvalue weighted by Crippen LogP contribution is -2.35. The van der Waals surface area contributed by atoms with Gasteiger partial charge >= 0.3 is 0 Å². The van der Waals surface area contributed by atoms with Gasteiger partial charge < -0.3 is 5.32 Å². The van der Waals surface area contributed by atoms with Crippen LogP contribution < -0.4 is 9.62 Å². The van der Waals surface area contributed by atoms with E-state index in [0.717, 1.165) is 56.2 Å². The van der Waals surface area contributed by atoms with Crippen molar-refractivity contribution < 1.29 is 17.6 Å². The van der Waals surface area contributed by atoms with E-state index in [0.29, 0.717) is 18.7 Å². The second kappa shape index (κ2) is 8.14. The summed E-state index contributed by atoms with van der Waals surface area (Å²) in [5.41, 5.74) is 1.38. The number of halogens is 1. The Morgan fingerprint density at radius 1 is 1.03 bits per heavy atom. The summed E-state index contributed by atoms with van der Waals surface area (Å²) < 4.78 is 42.1. The van der Waals surface area contributed by atoms with E-state index in [2.05, 4.69) is 5.32 Å². The molecule has 0 saturated heterocycles. The van der Waals surface area contributed by atoms with Crippen LogP contribution in [0.4, 0.5) is 10.1 Å². The van der Waals surface area contributed by atoms with Crippen molar-refractivity contribution in [2.75, 3.05) is 10.8 Å². The summed E-state index contributed by atoms with van der Waals surface area (Å²) in [5.74, 6) is -1.26. The molecule has 0 unspecified atom stereocenters. The molecule has 1 aliphatic heterocycles. The molecular weight excluding hydrogens is 391 g/mol. The average molecular weight is 417 g/mol. The molecule has 7 heteroatoms. The molecule has 1 amide bonds. The average Bonchev–Trinajstić information content (AvgIpc) is 2.99. The van der Waals surface area contributed by atoms with Crippen molar-refractivity contribution in [1.29, 1.82) is 0 Å². The number of fused-ring (bicyclic) bond motifs is 1. The number of carbonyl (C=O) groups is 1. The Kier molecular flexibility index (Phi) is 5.58. The Morgan fingerprint density at radius 2 is 1.76 bits per heavy atom. The zero-order valence-corrected chi connectivity index (χ0v) is 17.1. The van der Waals surface area contributed by atoms with Gasteiger partial charge in [0.25, 0.3) is 15.9 Å². The summed E-state index contributed by atoms with van der Waals surface area (Å²) in [6.07, 6.45) is 6.74. The molecule has 2 aromatic carbocycles. The molecule has 0 radical (unpaired) electrons. The maximum Gasteiger partial charge on any atom is 0.264 e. The summed E-state index contributed by atoms with van der Waals surface area (Å²) >= 11 is 0. The van der Waals surface area contributed by atoms with Crippen LogP contribution in [0.2, 0.25) is 0 Å². The summed E-state index contributed by atoms with van der Waals surface area (Å²) in [7, 11) is -3.88. The van der Waals surface area contributed by atoms with Gasteiger partial charge in [-0.15, -0.1) is 0 Å². The summed E-state index contributed by atoms with van der Waals surface area (Å²) in [6, 6.07) is 10.8. The number of hydrogen-bond donors (Lipinski definition) is 1. The second-order valence-corrected chi connectivity index (χ2v) is 9.62. The zero-order chi connectivity index (χ0) is 20.4. The molecule has 29 heavy (non-hydrogen) atoms. The number of sulfonamides is 1. The van der Waals surface area contributed by atoms with Gasteiger partial charge in [0.15, 0.2) is 0 Å². The third-order valence-corrected chi connectivity index (χ3v) is 7.61. The van der Waals surface area contributed by atoms with Gasteiger partial charge in [-0.25, -0.2) is 12.8 Å². The van der Waals surface area contributed by atoms with Crippen LogP contribution >= 0.6 is 0 Å². The standard InChI is InChI=1S/C22H25FN2O3S/c23-20-12-11-18(15-19(20)22(26)24-17-8-3-1-2-4-9-17)29(27,28)25-14-13-16-7-5-6-10-21(16)25/h5-7,10-12,15,17H,1-4,8-9,13-14H2,(H,24,26). The van der Waals surface area contributed by atoms with E-state index in [1.165, 1.54) is 10.4 Å². The minimum atomic E-state index is -3.88. The van der Waals surface area contributed by atoms with Crippen LogP contribution in [0.15, 0.2) is 47.4 Å². The van der Waals surface area contributed by atoms with Crippen molar-refractivity contribution >= 4 is 21.6 Å². The number of rotatable bonds is 4. The van der Waals surface area contributed by atoms with Gasteiger partial charge in [0.1, 0.15) is 5.82 Å². The maximum absolute atomic E-state index is 14.4. The molecule has 0 bridgehead atoms. The van der Waals surface area contributed by atoms with Gasteiger partial charge in [-0.1, -0.05) is 43.9 Å². The fourth-order valence-electron chi connectivity index (χ4n) is 4.21. The number of para-hydroxylation sites is 1. The number of nitrogens with zero attached hydrogens (tertiary/aromatic N) is 1. The van der Waals surface area contributed by atoms with Crippen LogP contribution in [-0.2, 0) is 16.4 Å². The number of hydrogen-bond acceptors (Lipinski definition) is 3. The number of anilines is 1. The predicted molar refractivity (Wildman–Crippen MR) is 110 cm³/mol. The highest BCUT2D eigenvalue weighted by Crippen LogP contribution is 2.33. The molecular formula is C22H25FN2O3S. The van der Waals surface area contributed by atoms with E-state index in [-0.39, 0.29) is 16.5 Å². The molecule has 5 nitrogen and oxygen atoms in total. The molecule has 2 aromatic rings. The van der Waals surface area contributed by atoms with E-state index >= 15 is 0 Å². The third-order valence-electron chi connectivity index (χ3n) is 5.81. The SMILES string of the molecule is O=C(NC1CCCCCC1)c1cc(S(=O)(=O)N2CCc3ccccc32)ccc1F. The maximum atomic E-state index is 14.4. The normalized spacial score (nSPS) is 17.6. The Hall–Kier alpha value is -2.41. The molecule has 1 aliphatic carbocycles. The number of amides is 1. The lowest BCUT2D eigenvalue weighted by Gasteiger charge is -2.20. The summed E-state index contributed by atoms with van der Waals surface area (Å²) in [6.45, 7) is 0.336. The van der Waals surface area contributed by atoms with Crippen molar-refractivity contribution in [2.45, 2.75) is 55.9 Å². The Labute approximate surface area is 171 Å². The zero-order valence-electron chi connectivity index (χ0n) is 16.2. The Morgan fingerprint density at radius 3 is 2.52 bits per heavy atom. The predicted octanol–water partition coefficient (Wildman–Crippen LogP) is 4.03. The molecule has 0 atom stereocenters. The van der Waals surface area contributed by atoms with Gasteiger partial charge in [0.2, 0.25) is 0 Å². The van der Waals surface area contributed by atoms with E-state index in [1.54, 1.807) is 12.1 Å². The van der Waals surface area contributed by atoms with Crippen molar-refractivity contribution in [2.24, 2.45) is 0 Å². The fraction of sp³-hybridized carbons (Fsp3) is 0.409. The molecule has 2 aliphatic rings. The first-order valence-corrected chi connectivity index (χ1v) is 11.6. The van der Waals surface area contributed by atoms with E-state index < -0.39 is 21.7 Å². The number of benzene rings is 2. The van der Waals surface area contributed by atoms with Crippen LogP contribution in [0.25, 0.3) is 0 Å². The highest BCUT2D eigenvalue weighted by Gasteiger charge is 2.31. The number of carbonyl (C=O) groups excluding carboxylic acids is 1. The van der Waals surface area contributed by atoms with Crippen LogP contribution in [0, 0.1) is 5.82 Å².